The molecule has 1 atom stereocenters. The molecule has 1 heterocycles. The van der Waals surface area contributed by atoms with E-state index in [0.717, 1.165) is 30.8 Å². The minimum atomic E-state index is 0.118. The van der Waals surface area contributed by atoms with E-state index in [2.05, 4.69) is 16.9 Å². The molecule has 4 heteroatoms. The average molecular weight is 216 g/mol. The number of nitrogens with one attached hydrogen (secondary N) is 1. The predicted molar refractivity (Wildman–Crippen MR) is 59.6 cm³/mol. The smallest absolute Gasteiger partial charge is 0.150 e. The van der Waals surface area contributed by atoms with Crippen LogP contribution < -0.4 is 5.73 Å². The van der Waals surface area contributed by atoms with Crippen molar-refractivity contribution in [3.05, 3.63) is 16.7 Å². The summed E-state index contributed by atoms with van der Waals surface area (Å²) in [5.41, 5.74) is 6.66. The van der Waals surface area contributed by atoms with Crippen molar-refractivity contribution < 1.29 is 0 Å². The Hall–Kier alpha value is -0.540. The van der Waals surface area contributed by atoms with Gasteiger partial charge in [-0.1, -0.05) is 24.9 Å². The summed E-state index contributed by atoms with van der Waals surface area (Å²) in [6.07, 6.45) is 4.04. The molecule has 0 aliphatic heterocycles. The molecule has 3 N–H and O–H groups in total. The highest BCUT2D eigenvalue weighted by Gasteiger charge is 2.09. The Morgan fingerprint density at radius 1 is 1.57 bits per heavy atom. The van der Waals surface area contributed by atoms with Gasteiger partial charge in [-0.3, -0.25) is 0 Å². The molecular formula is C10H18ClN3. The summed E-state index contributed by atoms with van der Waals surface area (Å²) in [6.45, 7) is 4.12. The van der Waals surface area contributed by atoms with Crippen LogP contribution in [0.25, 0.3) is 0 Å². The van der Waals surface area contributed by atoms with Gasteiger partial charge in [0.2, 0.25) is 0 Å². The molecule has 1 aromatic heterocycles. The van der Waals surface area contributed by atoms with E-state index in [1.165, 1.54) is 6.42 Å². The number of imidazole rings is 1. The summed E-state index contributed by atoms with van der Waals surface area (Å²) >= 11 is 5.97. The maximum absolute atomic E-state index is 5.97. The first kappa shape index (κ1) is 11.5. The number of hydrogen-bond donors (Lipinski definition) is 2. The second-order valence-corrected chi connectivity index (χ2v) is 4.10. The molecule has 80 valence electrons. The highest BCUT2D eigenvalue weighted by molar-refractivity contribution is 6.30. The van der Waals surface area contributed by atoms with Crippen molar-refractivity contribution in [1.82, 2.24) is 9.97 Å². The van der Waals surface area contributed by atoms with Crippen LogP contribution in [0.1, 0.15) is 38.2 Å². The lowest BCUT2D eigenvalue weighted by atomic mass is 10.2. The fourth-order valence-electron chi connectivity index (χ4n) is 1.36. The largest absolute Gasteiger partial charge is 0.345 e. The van der Waals surface area contributed by atoms with E-state index in [4.69, 9.17) is 17.3 Å². The third-order valence-corrected chi connectivity index (χ3v) is 2.38. The minimum absolute atomic E-state index is 0.118. The number of unbranched alkanes of at least 4 members (excludes halogenated alkanes) is 1. The van der Waals surface area contributed by atoms with Crippen LogP contribution in [-0.4, -0.2) is 16.0 Å². The number of aromatic nitrogens is 2. The number of aromatic amines is 1. The minimum Gasteiger partial charge on any atom is -0.345 e. The van der Waals surface area contributed by atoms with Gasteiger partial charge in [-0.15, -0.1) is 0 Å². The molecule has 14 heavy (non-hydrogen) atoms. The fraction of sp³-hybridized carbons (Fsp3) is 0.700. The van der Waals surface area contributed by atoms with Crippen molar-refractivity contribution in [2.45, 2.75) is 45.6 Å². The number of halogens is 1. The molecule has 0 amide bonds. The van der Waals surface area contributed by atoms with Crippen LogP contribution >= 0.6 is 11.6 Å². The molecule has 1 aromatic rings. The normalized spacial score (nSPS) is 13.1. The van der Waals surface area contributed by atoms with Crippen molar-refractivity contribution in [3.63, 3.8) is 0 Å². The molecule has 0 radical (unpaired) electrons. The van der Waals surface area contributed by atoms with Gasteiger partial charge in [0, 0.05) is 18.9 Å². The van der Waals surface area contributed by atoms with Gasteiger partial charge in [0.1, 0.15) is 11.0 Å². The second kappa shape index (κ2) is 5.37. The number of aryl methyl sites for hydroxylation is 1. The van der Waals surface area contributed by atoms with Crippen LogP contribution in [0.4, 0.5) is 0 Å². The van der Waals surface area contributed by atoms with Crippen LogP contribution in [0.15, 0.2) is 0 Å². The zero-order chi connectivity index (χ0) is 10.6. The van der Waals surface area contributed by atoms with Gasteiger partial charge in [-0.2, -0.15) is 0 Å². The Morgan fingerprint density at radius 3 is 2.86 bits per heavy atom. The van der Waals surface area contributed by atoms with E-state index in [9.17, 15) is 0 Å². The molecule has 0 fully saturated rings. The first-order chi connectivity index (χ1) is 6.63. The lowest BCUT2D eigenvalue weighted by Gasteiger charge is -2.01. The predicted octanol–water partition coefficient (Wildman–Crippen LogP) is 2.30. The van der Waals surface area contributed by atoms with Crippen molar-refractivity contribution in [2.75, 3.05) is 0 Å². The van der Waals surface area contributed by atoms with Crippen LogP contribution in [0, 0.1) is 0 Å². The quantitative estimate of drug-likeness (QED) is 0.792. The molecule has 0 bridgehead atoms. The van der Waals surface area contributed by atoms with Gasteiger partial charge in [0.25, 0.3) is 0 Å². The molecule has 1 rings (SSSR count). The lowest BCUT2D eigenvalue weighted by Crippen LogP contribution is -2.18. The lowest BCUT2D eigenvalue weighted by molar-refractivity contribution is 0.717. The van der Waals surface area contributed by atoms with Crippen molar-refractivity contribution in [1.29, 1.82) is 0 Å². The standard InChI is InChI=1S/C10H18ClN3/c1-3-4-5-9-13-8(6-7(2)12)10(11)14-9/h7H,3-6,12H2,1-2H3,(H,13,14). The topological polar surface area (TPSA) is 54.7 Å². The van der Waals surface area contributed by atoms with Crippen molar-refractivity contribution in [3.8, 4) is 0 Å². The summed E-state index contributed by atoms with van der Waals surface area (Å²) < 4.78 is 0. The number of rotatable bonds is 5. The molecule has 0 spiro atoms. The second-order valence-electron chi connectivity index (χ2n) is 3.74. The van der Waals surface area contributed by atoms with Crippen LogP contribution in [0.5, 0.6) is 0 Å². The molecule has 0 saturated carbocycles. The molecule has 3 nitrogen and oxygen atoms in total. The van der Waals surface area contributed by atoms with Gasteiger partial charge in [-0.05, 0) is 13.3 Å². The van der Waals surface area contributed by atoms with Gasteiger partial charge in [-0.25, -0.2) is 4.98 Å². The van der Waals surface area contributed by atoms with E-state index >= 15 is 0 Å². The highest BCUT2D eigenvalue weighted by Crippen LogP contribution is 2.15. The van der Waals surface area contributed by atoms with E-state index in [1.54, 1.807) is 0 Å². The van der Waals surface area contributed by atoms with E-state index in [-0.39, 0.29) is 6.04 Å². The van der Waals surface area contributed by atoms with E-state index in [1.807, 2.05) is 6.92 Å². The maximum atomic E-state index is 5.97. The van der Waals surface area contributed by atoms with Crippen LogP contribution in [0.3, 0.4) is 0 Å². The van der Waals surface area contributed by atoms with Crippen LogP contribution in [0.2, 0.25) is 5.15 Å². The van der Waals surface area contributed by atoms with E-state index in [0.29, 0.717) is 5.15 Å². The number of hydrogen-bond acceptors (Lipinski definition) is 2. The summed E-state index contributed by atoms with van der Waals surface area (Å²) in [6, 6.07) is 0.118. The van der Waals surface area contributed by atoms with Crippen molar-refractivity contribution in [2.24, 2.45) is 5.73 Å². The number of nitrogens with zero attached hydrogens (tertiary/aromatic N) is 1. The molecule has 0 aliphatic carbocycles. The summed E-state index contributed by atoms with van der Waals surface area (Å²) in [4.78, 5) is 7.48. The third kappa shape index (κ3) is 3.31. The van der Waals surface area contributed by atoms with Gasteiger partial charge in [0.15, 0.2) is 0 Å². The summed E-state index contributed by atoms with van der Waals surface area (Å²) in [5.74, 6) is 0.979. The Bertz CT molecular complexity index is 281. The van der Waals surface area contributed by atoms with Gasteiger partial charge in [0.05, 0.1) is 5.69 Å². The molecule has 0 aromatic carbocycles. The maximum Gasteiger partial charge on any atom is 0.150 e. The SMILES string of the molecule is CCCCc1nc(Cl)c(CC(C)N)[nH]1. The van der Waals surface area contributed by atoms with Gasteiger partial charge >= 0.3 is 0 Å². The van der Waals surface area contributed by atoms with Crippen LogP contribution in [-0.2, 0) is 12.8 Å². The summed E-state index contributed by atoms with van der Waals surface area (Å²) in [5, 5.41) is 0.577. The molecule has 0 aliphatic rings. The molecule has 0 saturated heterocycles. The molecular weight excluding hydrogens is 198 g/mol. The first-order valence-corrected chi connectivity index (χ1v) is 5.50. The Morgan fingerprint density at radius 2 is 2.29 bits per heavy atom. The van der Waals surface area contributed by atoms with Crippen molar-refractivity contribution >= 4 is 11.6 Å². The average Bonchev–Trinajstić information content (AvgIpc) is 2.43. The van der Waals surface area contributed by atoms with E-state index < -0.39 is 0 Å². The highest BCUT2D eigenvalue weighted by atomic mass is 35.5. The zero-order valence-corrected chi connectivity index (χ0v) is 9.56. The number of H-pyrrole nitrogens is 1. The Labute approximate surface area is 90.1 Å². The summed E-state index contributed by atoms with van der Waals surface area (Å²) in [7, 11) is 0. The number of nitrogens with two attached hydrogens (primary N) is 1. The van der Waals surface area contributed by atoms with Gasteiger partial charge < -0.3 is 10.7 Å². The zero-order valence-electron chi connectivity index (χ0n) is 8.81. The Kier molecular flexibility index (Phi) is 4.42. The monoisotopic (exact) mass is 215 g/mol. The Balaban J connectivity index is 2.62. The molecule has 1 unspecified atom stereocenters. The first-order valence-electron chi connectivity index (χ1n) is 5.12. The fourth-order valence-corrected chi connectivity index (χ4v) is 1.59. The third-order valence-electron chi connectivity index (χ3n) is 2.07.